The number of hydrogen-bond donors (Lipinski definition) is 2. The lowest BCUT2D eigenvalue weighted by atomic mass is 9.99. The number of fused-ring (bicyclic) bond motifs is 1. The molecule has 1 aliphatic rings. The first-order valence-electron chi connectivity index (χ1n) is 6.99. The average Bonchev–Trinajstić information content (AvgIpc) is 3.16. The monoisotopic (exact) mass is 268 g/mol. The largest absolute Gasteiger partial charge is 0.443 e. The van der Waals surface area contributed by atoms with Crippen LogP contribution in [0, 0.1) is 0 Å². The van der Waals surface area contributed by atoms with Crippen molar-refractivity contribution in [3.05, 3.63) is 36.6 Å². The molecule has 20 heavy (non-hydrogen) atoms. The van der Waals surface area contributed by atoms with E-state index < -0.39 is 0 Å². The van der Waals surface area contributed by atoms with Gasteiger partial charge in [0, 0.05) is 18.0 Å². The van der Waals surface area contributed by atoms with Crippen LogP contribution in [0.4, 0.5) is 0 Å². The van der Waals surface area contributed by atoms with Gasteiger partial charge in [-0.25, -0.2) is 9.97 Å². The first-order valence-corrected chi connectivity index (χ1v) is 6.99. The lowest BCUT2D eigenvalue weighted by Gasteiger charge is -2.20. The highest BCUT2D eigenvalue weighted by molar-refractivity contribution is 5.78. The molecule has 0 spiro atoms. The fourth-order valence-electron chi connectivity index (χ4n) is 2.80. The molecule has 0 bridgehead atoms. The van der Waals surface area contributed by atoms with E-state index >= 15 is 0 Å². The molecule has 102 valence electrons. The van der Waals surface area contributed by atoms with Crippen molar-refractivity contribution in [3.8, 4) is 11.3 Å². The predicted molar refractivity (Wildman–Crippen MR) is 76.4 cm³/mol. The third-order valence-electron chi connectivity index (χ3n) is 3.92. The summed E-state index contributed by atoms with van der Waals surface area (Å²) in [6.07, 6.45) is 5.79. The number of oxazole rings is 1. The van der Waals surface area contributed by atoms with Gasteiger partial charge >= 0.3 is 0 Å². The molecule has 2 aromatic heterocycles. The van der Waals surface area contributed by atoms with Crippen molar-refractivity contribution < 1.29 is 4.42 Å². The number of imidazole rings is 1. The Morgan fingerprint density at radius 3 is 3.15 bits per heavy atom. The van der Waals surface area contributed by atoms with Gasteiger partial charge in [-0.3, -0.25) is 0 Å². The molecule has 1 aromatic carbocycles. The van der Waals surface area contributed by atoms with Crippen molar-refractivity contribution in [1.82, 2.24) is 20.3 Å². The van der Waals surface area contributed by atoms with E-state index in [2.05, 4.69) is 20.3 Å². The third-order valence-corrected chi connectivity index (χ3v) is 3.92. The summed E-state index contributed by atoms with van der Waals surface area (Å²) in [5, 5.41) is 3.42. The Morgan fingerprint density at radius 2 is 2.25 bits per heavy atom. The van der Waals surface area contributed by atoms with E-state index in [0.717, 1.165) is 41.3 Å². The van der Waals surface area contributed by atoms with E-state index in [4.69, 9.17) is 4.42 Å². The summed E-state index contributed by atoms with van der Waals surface area (Å²) in [4.78, 5) is 12.1. The zero-order valence-electron chi connectivity index (χ0n) is 11.1. The number of nitrogens with zero attached hydrogens (tertiary/aromatic N) is 2. The second-order valence-electron chi connectivity index (χ2n) is 5.26. The molecule has 3 aromatic rings. The van der Waals surface area contributed by atoms with Crippen LogP contribution in [0.5, 0.6) is 0 Å². The Morgan fingerprint density at radius 1 is 1.25 bits per heavy atom. The van der Waals surface area contributed by atoms with E-state index in [9.17, 15) is 0 Å². The topological polar surface area (TPSA) is 66.7 Å². The van der Waals surface area contributed by atoms with Gasteiger partial charge in [-0.15, -0.1) is 0 Å². The summed E-state index contributed by atoms with van der Waals surface area (Å²) < 4.78 is 5.35. The minimum Gasteiger partial charge on any atom is -0.443 e. The molecule has 1 aliphatic heterocycles. The quantitative estimate of drug-likeness (QED) is 0.750. The van der Waals surface area contributed by atoms with E-state index in [0.29, 0.717) is 5.92 Å². The first-order chi connectivity index (χ1) is 9.90. The molecular formula is C15H16N4O. The van der Waals surface area contributed by atoms with Gasteiger partial charge in [-0.1, -0.05) is 6.07 Å². The summed E-state index contributed by atoms with van der Waals surface area (Å²) >= 11 is 0. The van der Waals surface area contributed by atoms with Crippen molar-refractivity contribution in [2.75, 3.05) is 13.1 Å². The van der Waals surface area contributed by atoms with Crippen LogP contribution >= 0.6 is 0 Å². The SMILES string of the molecule is c1nc2ccc(-c3cnc(C4CCCNC4)[nH]3)cc2o1. The van der Waals surface area contributed by atoms with Crippen LogP contribution in [0.25, 0.3) is 22.4 Å². The van der Waals surface area contributed by atoms with Crippen molar-refractivity contribution in [2.24, 2.45) is 0 Å². The molecule has 2 N–H and O–H groups in total. The highest BCUT2D eigenvalue weighted by atomic mass is 16.3. The van der Waals surface area contributed by atoms with Gasteiger partial charge in [-0.2, -0.15) is 0 Å². The summed E-state index contributed by atoms with van der Waals surface area (Å²) in [5.41, 5.74) is 3.79. The van der Waals surface area contributed by atoms with Gasteiger partial charge in [0.15, 0.2) is 12.0 Å². The fraction of sp³-hybridized carbons (Fsp3) is 0.333. The minimum atomic E-state index is 0.492. The summed E-state index contributed by atoms with van der Waals surface area (Å²) in [6, 6.07) is 6.01. The number of aromatic nitrogens is 3. The molecule has 0 saturated carbocycles. The Balaban J connectivity index is 1.66. The van der Waals surface area contributed by atoms with E-state index in [1.807, 2.05) is 24.4 Å². The van der Waals surface area contributed by atoms with E-state index in [-0.39, 0.29) is 0 Å². The number of aromatic amines is 1. The summed E-state index contributed by atoms with van der Waals surface area (Å²) in [6.45, 7) is 2.13. The zero-order chi connectivity index (χ0) is 13.4. The van der Waals surface area contributed by atoms with Crippen LogP contribution < -0.4 is 5.32 Å². The standard InChI is InChI=1S/C15H16N4O/c1-2-11(7-16-5-1)15-17-8-13(19-15)10-3-4-12-14(6-10)20-9-18-12/h3-4,6,8-9,11,16H,1-2,5,7H2,(H,17,19). The Labute approximate surface area is 116 Å². The summed E-state index contributed by atoms with van der Waals surface area (Å²) in [5.74, 6) is 1.57. The number of H-pyrrole nitrogens is 1. The second kappa shape index (κ2) is 4.76. The van der Waals surface area contributed by atoms with Crippen LogP contribution in [0.2, 0.25) is 0 Å². The lowest BCUT2D eigenvalue weighted by molar-refractivity contribution is 0.449. The van der Waals surface area contributed by atoms with Crippen LogP contribution in [-0.4, -0.2) is 28.0 Å². The maximum atomic E-state index is 5.35. The van der Waals surface area contributed by atoms with Crippen molar-refractivity contribution >= 4 is 11.1 Å². The van der Waals surface area contributed by atoms with Crippen molar-refractivity contribution in [2.45, 2.75) is 18.8 Å². The van der Waals surface area contributed by atoms with E-state index in [1.165, 1.54) is 19.2 Å². The number of rotatable bonds is 2. The molecule has 5 heteroatoms. The number of benzene rings is 1. The molecule has 1 saturated heterocycles. The van der Waals surface area contributed by atoms with Crippen LogP contribution in [0.15, 0.2) is 35.2 Å². The van der Waals surface area contributed by atoms with Gasteiger partial charge in [0.2, 0.25) is 0 Å². The van der Waals surface area contributed by atoms with Crippen molar-refractivity contribution in [1.29, 1.82) is 0 Å². The molecule has 3 heterocycles. The highest BCUT2D eigenvalue weighted by Gasteiger charge is 2.18. The lowest BCUT2D eigenvalue weighted by Crippen LogP contribution is -2.28. The van der Waals surface area contributed by atoms with Crippen LogP contribution in [0.1, 0.15) is 24.6 Å². The number of hydrogen-bond acceptors (Lipinski definition) is 4. The first kappa shape index (κ1) is 11.7. The van der Waals surface area contributed by atoms with E-state index in [1.54, 1.807) is 0 Å². The molecule has 1 fully saturated rings. The number of piperidine rings is 1. The molecular weight excluding hydrogens is 252 g/mol. The van der Waals surface area contributed by atoms with Crippen LogP contribution in [-0.2, 0) is 0 Å². The maximum absolute atomic E-state index is 5.35. The third kappa shape index (κ3) is 2.00. The molecule has 1 atom stereocenters. The highest BCUT2D eigenvalue weighted by Crippen LogP contribution is 2.26. The van der Waals surface area contributed by atoms with Crippen molar-refractivity contribution in [3.63, 3.8) is 0 Å². The molecule has 1 unspecified atom stereocenters. The fourth-order valence-corrected chi connectivity index (χ4v) is 2.80. The molecule has 0 radical (unpaired) electrons. The van der Waals surface area contributed by atoms with Gasteiger partial charge in [0.05, 0.1) is 11.9 Å². The predicted octanol–water partition coefficient (Wildman–Crippen LogP) is 2.68. The number of nitrogens with one attached hydrogen (secondary N) is 2. The Kier molecular flexibility index (Phi) is 2.77. The van der Waals surface area contributed by atoms with Gasteiger partial charge in [0.1, 0.15) is 11.3 Å². The molecule has 0 aliphatic carbocycles. The summed E-state index contributed by atoms with van der Waals surface area (Å²) in [7, 11) is 0. The van der Waals surface area contributed by atoms with Gasteiger partial charge < -0.3 is 14.7 Å². The average molecular weight is 268 g/mol. The normalized spacial score (nSPS) is 19.5. The smallest absolute Gasteiger partial charge is 0.181 e. The second-order valence-corrected chi connectivity index (χ2v) is 5.26. The molecule has 0 amide bonds. The van der Waals surface area contributed by atoms with Gasteiger partial charge in [0.25, 0.3) is 0 Å². The Hall–Kier alpha value is -2.14. The van der Waals surface area contributed by atoms with Crippen LogP contribution in [0.3, 0.4) is 0 Å². The Bertz CT molecular complexity index is 724. The molecule has 4 rings (SSSR count). The maximum Gasteiger partial charge on any atom is 0.181 e. The van der Waals surface area contributed by atoms with Gasteiger partial charge in [-0.05, 0) is 31.5 Å². The molecule has 5 nitrogen and oxygen atoms in total. The zero-order valence-corrected chi connectivity index (χ0v) is 11.1. The minimum absolute atomic E-state index is 0.492.